The number of carbonyl (C=O) groups excluding carboxylic acids is 3. The first kappa shape index (κ1) is 21.0. The maximum atomic E-state index is 14.7. The number of carbonyl (C=O) groups is 3. The van der Waals surface area contributed by atoms with Crippen LogP contribution in [0, 0.1) is 12.7 Å². The van der Waals surface area contributed by atoms with Crippen molar-refractivity contribution in [2.75, 3.05) is 11.9 Å². The summed E-state index contributed by atoms with van der Waals surface area (Å²) in [5.74, 6) is -0.772. The molecule has 168 valence electrons. The highest BCUT2D eigenvalue weighted by atomic mass is 19.1. The van der Waals surface area contributed by atoms with Crippen LogP contribution in [-0.4, -0.2) is 43.9 Å². The Kier molecular flexibility index (Phi) is 5.24. The average molecular weight is 447 g/mol. The molecule has 33 heavy (non-hydrogen) atoms. The number of benzene rings is 2. The van der Waals surface area contributed by atoms with Crippen LogP contribution in [0.3, 0.4) is 0 Å². The van der Waals surface area contributed by atoms with E-state index in [1.54, 1.807) is 18.2 Å². The van der Waals surface area contributed by atoms with Crippen molar-refractivity contribution in [3.8, 4) is 11.4 Å². The number of imide groups is 1. The molecule has 0 atom stereocenters. The molecule has 9 heteroatoms. The molecule has 0 aliphatic carbocycles. The summed E-state index contributed by atoms with van der Waals surface area (Å²) in [7, 11) is 0. The summed E-state index contributed by atoms with van der Waals surface area (Å²) in [5.41, 5.74) is 2.02. The van der Waals surface area contributed by atoms with Crippen molar-refractivity contribution in [2.24, 2.45) is 0 Å². The van der Waals surface area contributed by atoms with Crippen LogP contribution in [0.15, 0.2) is 36.4 Å². The Hall–Kier alpha value is -3.88. The minimum absolute atomic E-state index is 0.240. The fraction of sp³-hybridized carbons (Fsp3) is 0.292. The highest BCUT2D eigenvalue weighted by Crippen LogP contribution is 2.28. The zero-order valence-electron chi connectivity index (χ0n) is 18.1. The number of hydrogen-bond donors (Lipinski definition) is 1. The van der Waals surface area contributed by atoms with E-state index < -0.39 is 30.1 Å². The van der Waals surface area contributed by atoms with E-state index in [9.17, 15) is 18.8 Å². The van der Waals surface area contributed by atoms with Crippen molar-refractivity contribution in [3.05, 3.63) is 64.7 Å². The standard InChI is InChI=1S/C24H22FN5O3/c1-14-6-8-16-17(11-14)24(33)30(23(16)32)13-21(31)26-15-7-9-19(25)18(12-15)22-28-27-20-5-3-2-4-10-29(20)22/h6-9,11-12H,2-5,10,13H2,1H3,(H,26,31). The third-order valence-electron chi connectivity index (χ3n) is 6.03. The maximum Gasteiger partial charge on any atom is 0.262 e. The third kappa shape index (κ3) is 3.79. The van der Waals surface area contributed by atoms with Gasteiger partial charge in [0.25, 0.3) is 11.8 Å². The van der Waals surface area contributed by atoms with Crippen molar-refractivity contribution in [2.45, 2.75) is 39.2 Å². The molecule has 0 saturated heterocycles. The maximum absolute atomic E-state index is 14.7. The van der Waals surface area contributed by atoms with Crippen LogP contribution in [0.2, 0.25) is 0 Å². The van der Waals surface area contributed by atoms with Crippen LogP contribution in [0.4, 0.5) is 10.1 Å². The Labute approximate surface area is 189 Å². The lowest BCUT2D eigenvalue weighted by Crippen LogP contribution is -2.37. The van der Waals surface area contributed by atoms with Gasteiger partial charge in [0, 0.05) is 18.7 Å². The summed E-state index contributed by atoms with van der Waals surface area (Å²) in [6.07, 6.45) is 3.87. The largest absolute Gasteiger partial charge is 0.325 e. The summed E-state index contributed by atoms with van der Waals surface area (Å²) < 4.78 is 16.6. The van der Waals surface area contributed by atoms with E-state index >= 15 is 0 Å². The molecular weight excluding hydrogens is 425 g/mol. The van der Waals surface area contributed by atoms with E-state index in [1.807, 2.05) is 11.5 Å². The molecule has 0 radical (unpaired) electrons. The minimum atomic E-state index is -0.557. The van der Waals surface area contributed by atoms with E-state index in [1.165, 1.54) is 18.2 Å². The van der Waals surface area contributed by atoms with Crippen molar-refractivity contribution in [1.29, 1.82) is 0 Å². The molecule has 0 bridgehead atoms. The van der Waals surface area contributed by atoms with Crippen LogP contribution >= 0.6 is 0 Å². The van der Waals surface area contributed by atoms with Crippen molar-refractivity contribution >= 4 is 23.4 Å². The van der Waals surface area contributed by atoms with Gasteiger partial charge in [0.15, 0.2) is 5.82 Å². The number of amides is 3. The van der Waals surface area contributed by atoms with Gasteiger partial charge in [-0.1, -0.05) is 18.1 Å². The number of fused-ring (bicyclic) bond motifs is 2. The molecule has 2 aliphatic rings. The predicted octanol–water partition coefficient (Wildman–Crippen LogP) is 3.35. The summed E-state index contributed by atoms with van der Waals surface area (Å²) in [4.78, 5) is 38.8. The summed E-state index contributed by atoms with van der Waals surface area (Å²) >= 11 is 0. The highest BCUT2D eigenvalue weighted by molar-refractivity contribution is 6.22. The van der Waals surface area contributed by atoms with Crippen LogP contribution in [0.25, 0.3) is 11.4 Å². The first-order valence-electron chi connectivity index (χ1n) is 10.9. The van der Waals surface area contributed by atoms with Crippen LogP contribution in [0.5, 0.6) is 0 Å². The van der Waals surface area contributed by atoms with Gasteiger partial charge in [0.1, 0.15) is 18.2 Å². The number of rotatable bonds is 4. The molecule has 0 spiro atoms. The molecule has 2 aliphatic heterocycles. The molecule has 8 nitrogen and oxygen atoms in total. The smallest absolute Gasteiger partial charge is 0.262 e. The zero-order chi connectivity index (χ0) is 23.1. The number of nitrogens with one attached hydrogen (secondary N) is 1. The van der Waals surface area contributed by atoms with E-state index in [4.69, 9.17) is 0 Å². The van der Waals surface area contributed by atoms with Gasteiger partial charge in [0.05, 0.1) is 16.7 Å². The second-order valence-corrected chi connectivity index (χ2v) is 8.39. The first-order chi connectivity index (χ1) is 15.9. The Bertz CT molecular complexity index is 1300. The van der Waals surface area contributed by atoms with Gasteiger partial charge in [-0.3, -0.25) is 19.3 Å². The van der Waals surface area contributed by atoms with E-state index in [0.29, 0.717) is 23.6 Å². The molecular formula is C24H22FN5O3. The van der Waals surface area contributed by atoms with Gasteiger partial charge in [-0.25, -0.2) is 4.39 Å². The molecule has 0 fully saturated rings. The van der Waals surface area contributed by atoms with Gasteiger partial charge in [-0.2, -0.15) is 0 Å². The molecule has 2 aromatic carbocycles. The number of anilines is 1. The van der Waals surface area contributed by atoms with E-state index in [2.05, 4.69) is 15.5 Å². The second-order valence-electron chi connectivity index (χ2n) is 8.39. The highest BCUT2D eigenvalue weighted by Gasteiger charge is 2.36. The lowest BCUT2D eigenvalue weighted by Gasteiger charge is -2.14. The Morgan fingerprint density at radius 2 is 1.82 bits per heavy atom. The fourth-order valence-corrected chi connectivity index (χ4v) is 4.35. The van der Waals surface area contributed by atoms with Gasteiger partial charge in [-0.05, 0) is 50.1 Å². The monoisotopic (exact) mass is 447 g/mol. The minimum Gasteiger partial charge on any atom is -0.325 e. The Morgan fingerprint density at radius 1 is 1.00 bits per heavy atom. The predicted molar refractivity (Wildman–Crippen MR) is 118 cm³/mol. The van der Waals surface area contributed by atoms with Crippen molar-refractivity contribution in [1.82, 2.24) is 19.7 Å². The number of hydrogen-bond acceptors (Lipinski definition) is 5. The van der Waals surface area contributed by atoms with E-state index in [-0.39, 0.29) is 11.1 Å². The number of aromatic nitrogens is 3. The molecule has 3 amide bonds. The normalized spacial score (nSPS) is 15.3. The van der Waals surface area contributed by atoms with Crippen LogP contribution < -0.4 is 5.32 Å². The van der Waals surface area contributed by atoms with Crippen molar-refractivity contribution < 1.29 is 18.8 Å². The number of aryl methyl sites for hydroxylation is 2. The van der Waals surface area contributed by atoms with Gasteiger partial charge >= 0.3 is 0 Å². The van der Waals surface area contributed by atoms with Crippen LogP contribution in [-0.2, 0) is 17.8 Å². The first-order valence-corrected chi connectivity index (χ1v) is 10.9. The lowest BCUT2D eigenvalue weighted by molar-refractivity contribution is -0.116. The summed E-state index contributed by atoms with van der Waals surface area (Å²) in [6, 6.07) is 9.17. The molecule has 1 aromatic heterocycles. The zero-order valence-corrected chi connectivity index (χ0v) is 18.1. The third-order valence-corrected chi connectivity index (χ3v) is 6.03. The van der Waals surface area contributed by atoms with Gasteiger partial charge in [0.2, 0.25) is 5.91 Å². The van der Waals surface area contributed by atoms with Gasteiger partial charge in [-0.15, -0.1) is 10.2 Å². The quantitative estimate of drug-likeness (QED) is 0.619. The summed E-state index contributed by atoms with van der Waals surface area (Å²) in [5, 5.41) is 11.1. The molecule has 5 rings (SSSR count). The molecule has 0 saturated carbocycles. The van der Waals surface area contributed by atoms with Crippen molar-refractivity contribution in [3.63, 3.8) is 0 Å². The van der Waals surface area contributed by atoms with Gasteiger partial charge < -0.3 is 9.88 Å². The topological polar surface area (TPSA) is 97.2 Å². The SMILES string of the molecule is Cc1ccc2c(c1)C(=O)N(CC(=O)Nc1ccc(F)c(-c3nnc4n3CCCCC4)c1)C2=O. The molecule has 3 aromatic rings. The average Bonchev–Trinajstić information content (AvgIpc) is 3.17. The molecule has 1 N–H and O–H groups in total. The number of nitrogens with zero attached hydrogens (tertiary/aromatic N) is 4. The Balaban J connectivity index is 1.35. The van der Waals surface area contributed by atoms with E-state index in [0.717, 1.165) is 42.0 Å². The second kappa shape index (κ2) is 8.23. The molecule has 0 unspecified atom stereocenters. The molecule has 3 heterocycles. The summed E-state index contributed by atoms with van der Waals surface area (Å²) in [6.45, 7) is 2.11. The lowest BCUT2D eigenvalue weighted by atomic mass is 10.1. The number of halogens is 1. The fourth-order valence-electron chi connectivity index (χ4n) is 4.35. The van der Waals surface area contributed by atoms with Crippen LogP contribution in [0.1, 0.15) is 51.4 Å². The Morgan fingerprint density at radius 3 is 2.67 bits per heavy atom.